The lowest BCUT2D eigenvalue weighted by Crippen LogP contribution is -2.13. The Morgan fingerprint density at radius 1 is 1.42 bits per heavy atom. The molecule has 0 aliphatic heterocycles. The molecule has 0 amide bonds. The Labute approximate surface area is 119 Å². The van der Waals surface area contributed by atoms with E-state index in [1.807, 2.05) is 0 Å². The third kappa shape index (κ3) is 2.90. The number of aryl methyl sites for hydroxylation is 1. The van der Waals surface area contributed by atoms with Crippen LogP contribution in [-0.4, -0.2) is 25.7 Å². The number of hydrogen-bond acceptors (Lipinski definition) is 4. The molecule has 0 fully saturated rings. The predicted octanol–water partition coefficient (Wildman–Crippen LogP) is 2.29. The van der Waals surface area contributed by atoms with Gasteiger partial charge in [-0.15, -0.1) is 0 Å². The molecule has 0 unspecified atom stereocenters. The third-order valence-electron chi connectivity index (χ3n) is 2.48. The molecule has 0 saturated heterocycles. The molecule has 2 rings (SSSR count). The van der Waals surface area contributed by atoms with Crippen molar-refractivity contribution in [3.8, 4) is 5.75 Å². The second-order valence-corrected chi connectivity index (χ2v) is 6.32. The summed E-state index contributed by atoms with van der Waals surface area (Å²) in [5.74, 6) is 0.545. The van der Waals surface area contributed by atoms with Gasteiger partial charge in [-0.2, -0.15) is 5.10 Å². The highest BCUT2D eigenvalue weighted by Gasteiger charge is 2.19. The zero-order valence-electron chi connectivity index (χ0n) is 10.3. The van der Waals surface area contributed by atoms with Crippen molar-refractivity contribution < 1.29 is 13.2 Å². The quantitative estimate of drug-likeness (QED) is 0.890. The van der Waals surface area contributed by atoms with E-state index in [1.54, 1.807) is 25.1 Å². The van der Waals surface area contributed by atoms with E-state index in [2.05, 4.69) is 30.8 Å². The zero-order valence-corrected chi connectivity index (χ0v) is 12.7. The Morgan fingerprint density at radius 3 is 2.74 bits per heavy atom. The zero-order chi connectivity index (χ0) is 14.0. The van der Waals surface area contributed by atoms with Crippen molar-refractivity contribution in [3.63, 3.8) is 0 Å². The number of nitrogens with zero attached hydrogens (tertiary/aromatic N) is 1. The predicted molar refractivity (Wildman–Crippen MR) is 74.8 cm³/mol. The SMILES string of the molecule is COc1cc(NS(=O)(=O)c2cn[nH]c2C)ccc1Br. The molecular formula is C11H12BrN3O3S. The molecule has 0 aliphatic carbocycles. The summed E-state index contributed by atoms with van der Waals surface area (Å²) < 4.78 is 32.6. The van der Waals surface area contributed by atoms with Crippen molar-refractivity contribution in [1.82, 2.24) is 10.2 Å². The van der Waals surface area contributed by atoms with E-state index in [0.29, 0.717) is 17.1 Å². The van der Waals surface area contributed by atoms with Crippen LogP contribution in [0.4, 0.5) is 5.69 Å². The number of benzene rings is 1. The Bertz CT molecular complexity index is 697. The highest BCUT2D eigenvalue weighted by atomic mass is 79.9. The molecule has 1 aromatic heterocycles. The van der Waals surface area contributed by atoms with Crippen LogP contribution in [0.1, 0.15) is 5.69 Å². The van der Waals surface area contributed by atoms with Gasteiger partial charge in [-0.1, -0.05) is 0 Å². The third-order valence-corrected chi connectivity index (χ3v) is 4.63. The number of hydrogen-bond donors (Lipinski definition) is 2. The highest BCUT2D eigenvalue weighted by molar-refractivity contribution is 9.10. The van der Waals surface area contributed by atoms with Gasteiger partial charge in [0.1, 0.15) is 10.6 Å². The van der Waals surface area contributed by atoms with Crippen molar-refractivity contribution in [2.45, 2.75) is 11.8 Å². The number of H-pyrrole nitrogens is 1. The summed E-state index contributed by atoms with van der Waals surface area (Å²) >= 11 is 3.30. The van der Waals surface area contributed by atoms with Crippen LogP contribution in [0.5, 0.6) is 5.75 Å². The van der Waals surface area contributed by atoms with Crippen LogP contribution in [0.2, 0.25) is 0 Å². The van der Waals surface area contributed by atoms with Crippen molar-refractivity contribution in [1.29, 1.82) is 0 Å². The molecule has 0 spiro atoms. The summed E-state index contributed by atoms with van der Waals surface area (Å²) in [6, 6.07) is 4.94. The van der Waals surface area contributed by atoms with Gasteiger partial charge in [0.05, 0.1) is 29.2 Å². The van der Waals surface area contributed by atoms with Gasteiger partial charge < -0.3 is 4.74 Å². The van der Waals surface area contributed by atoms with Gasteiger partial charge in [-0.05, 0) is 35.0 Å². The van der Waals surface area contributed by atoms with Crippen LogP contribution in [0.25, 0.3) is 0 Å². The van der Waals surface area contributed by atoms with E-state index in [1.165, 1.54) is 13.3 Å². The maximum absolute atomic E-state index is 12.1. The fourth-order valence-electron chi connectivity index (χ4n) is 1.54. The molecule has 102 valence electrons. The molecule has 19 heavy (non-hydrogen) atoms. The largest absolute Gasteiger partial charge is 0.495 e. The van der Waals surface area contributed by atoms with E-state index in [0.717, 1.165) is 4.47 Å². The number of ether oxygens (including phenoxy) is 1. The number of methoxy groups -OCH3 is 1. The fraction of sp³-hybridized carbons (Fsp3) is 0.182. The van der Waals surface area contributed by atoms with Gasteiger partial charge in [-0.25, -0.2) is 8.42 Å². The van der Waals surface area contributed by atoms with E-state index >= 15 is 0 Å². The minimum Gasteiger partial charge on any atom is -0.495 e. The van der Waals surface area contributed by atoms with Crippen LogP contribution in [0.15, 0.2) is 33.8 Å². The van der Waals surface area contributed by atoms with E-state index in [9.17, 15) is 8.42 Å². The van der Waals surface area contributed by atoms with Gasteiger partial charge >= 0.3 is 0 Å². The topological polar surface area (TPSA) is 84.1 Å². The van der Waals surface area contributed by atoms with E-state index < -0.39 is 10.0 Å². The van der Waals surface area contributed by atoms with Gasteiger partial charge in [0.25, 0.3) is 10.0 Å². The maximum Gasteiger partial charge on any atom is 0.265 e. The van der Waals surface area contributed by atoms with Gasteiger partial charge in [-0.3, -0.25) is 9.82 Å². The monoisotopic (exact) mass is 345 g/mol. The molecule has 6 nitrogen and oxygen atoms in total. The van der Waals surface area contributed by atoms with Crippen LogP contribution in [0.3, 0.4) is 0 Å². The second kappa shape index (κ2) is 5.22. The average molecular weight is 346 g/mol. The summed E-state index contributed by atoms with van der Waals surface area (Å²) in [6.07, 6.45) is 1.27. The lowest BCUT2D eigenvalue weighted by atomic mass is 10.3. The van der Waals surface area contributed by atoms with Gasteiger partial charge in [0.15, 0.2) is 0 Å². The summed E-state index contributed by atoms with van der Waals surface area (Å²) in [5.41, 5.74) is 0.900. The number of nitrogens with one attached hydrogen (secondary N) is 2. The molecular weight excluding hydrogens is 334 g/mol. The number of aromatic amines is 1. The van der Waals surface area contributed by atoms with Gasteiger partial charge in [0.2, 0.25) is 0 Å². The maximum atomic E-state index is 12.1. The minimum absolute atomic E-state index is 0.120. The first kappa shape index (κ1) is 13.9. The lowest BCUT2D eigenvalue weighted by molar-refractivity contribution is 0.412. The molecule has 0 atom stereocenters. The van der Waals surface area contributed by atoms with Gasteiger partial charge in [0, 0.05) is 6.07 Å². The number of anilines is 1. The normalized spacial score (nSPS) is 11.3. The minimum atomic E-state index is -3.65. The number of rotatable bonds is 4. The Hall–Kier alpha value is -1.54. The van der Waals surface area contributed by atoms with Crippen LogP contribution >= 0.6 is 15.9 Å². The lowest BCUT2D eigenvalue weighted by Gasteiger charge is -2.09. The van der Waals surface area contributed by atoms with Crippen molar-refractivity contribution >= 4 is 31.6 Å². The molecule has 1 aromatic carbocycles. The average Bonchev–Trinajstić information content (AvgIpc) is 2.78. The first-order chi connectivity index (χ1) is 8.94. The van der Waals surface area contributed by atoms with Crippen LogP contribution in [-0.2, 0) is 10.0 Å². The van der Waals surface area contributed by atoms with Crippen molar-refractivity contribution in [2.75, 3.05) is 11.8 Å². The van der Waals surface area contributed by atoms with Crippen LogP contribution in [0, 0.1) is 6.92 Å². The molecule has 2 N–H and O–H groups in total. The molecule has 2 aromatic rings. The summed E-state index contributed by atoms with van der Waals surface area (Å²) in [6.45, 7) is 1.64. The van der Waals surface area contributed by atoms with Crippen molar-refractivity contribution in [2.24, 2.45) is 0 Å². The fourth-order valence-corrected chi connectivity index (χ4v) is 3.14. The molecule has 0 aliphatic rings. The standard InChI is InChI=1S/C11H12BrN3O3S/c1-7-11(6-13-14-7)19(16,17)15-8-3-4-9(12)10(5-8)18-2/h3-6,15H,1-2H3,(H,13,14). The molecule has 0 saturated carbocycles. The first-order valence-electron chi connectivity index (χ1n) is 5.30. The Morgan fingerprint density at radius 2 is 2.16 bits per heavy atom. The number of sulfonamides is 1. The highest BCUT2D eigenvalue weighted by Crippen LogP contribution is 2.29. The first-order valence-corrected chi connectivity index (χ1v) is 7.58. The molecule has 0 radical (unpaired) electrons. The Kier molecular flexibility index (Phi) is 3.81. The molecule has 8 heteroatoms. The number of halogens is 1. The second-order valence-electron chi connectivity index (χ2n) is 3.81. The molecule has 1 heterocycles. The summed E-state index contributed by atoms with van der Waals surface area (Å²) in [4.78, 5) is 0.120. The summed E-state index contributed by atoms with van der Waals surface area (Å²) in [7, 11) is -2.14. The van der Waals surface area contributed by atoms with Crippen LogP contribution < -0.4 is 9.46 Å². The van der Waals surface area contributed by atoms with Crippen molar-refractivity contribution in [3.05, 3.63) is 34.6 Å². The smallest absolute Gasteiger partial charge is 0.265 e. The molecule has 0 bridgehead atoms. The Balaban J connectivity index is 2.34. The number of aromatic nitrogens is 2. The van der Waals surface area contributed by atoms with E-state index in [-0.39, 0.29) is 4.90 Å². The van der Waals surface area contributed by atoms with E-state index in [4.69, 9.17) is 4.74 Å². The summed E-state index contributed by atoms with van der Waals surface area (Å²) in [5, 5.41) is 6.29.